The van der Waals surface area contributed by atoms with Crippen molar-refractivity contribution in [3.8, 4) is 0 Å². The molecule has 3 nitrogen and oxygen atoms in total. The van der Waals surface area contributed by atoms with Crippen LogP contribution < -0.4 is 0 Å². The van der Waals surface area contributed by atoms with Crippen LogP contribution >= 0.6 is 0 Å². The molecule has 1 saturated heterocycles. The molecule has 1 aliphatic carbocycles. The maximum atomic E-state index is 9.52. The molecule has 1 fully saturated rings. The maximum Gasteiger partial charge on any atom is 0.221 e. The topological polar surface area (TPSA) is 53.0 Å². The average molecular weight is 168 g/mol. The van der Waals surface area contributed by atoms with Gasteiger partial charge >= 0.3 is 0 Å². The first kappa shape index (κ1) is 7.83. The standard InChI is InChI=1S/C9H12O3/c1-2-3-6-4-5-9(11)8(12-9)7(6)10/h4-5,8,10-11H,2-3H2,1H3. The van der Waals surface area contributed by atoms with E-state index in [4.69, 9.17) is 4.74 Å². The van der Waals surface area contributed by atoms with Gasteiger partial charge in [0.2, 0.25) is 5.79 Å². The fraction of sp³-hybridized carbons (Fsp3) is 0.556. The summed E-state index contributed by atoms with van der Waals surface area (Å²) in [5.41, 5.74) is 0.879. The monoisotopic (exact) mass is 168 g/mol. The first-order valence-electron chi connectivity index (χ1n) is 4.19. The Balaban J connectivity index is 2.20. The largest absolute Gasteiger partial charge is 0.509 e. The minimum absolute atomic E-state index is 0.196. The zero-order valence-electron chi connectivity index (χ0n) is 6.95. The van der Waals surface area contributed by atoms with Gasteiger partial charge in [0.1, 0.15) is 5.76 Å². The minimum Gasteiger partial charge on any atom is -0.509 e. The van der Waals surface area contributed by atoms with Crippen LogP contribution in [0, 0.1) is 0 Å². The second-order valence-corrected chi connectivity index (χ2v) is 3.24. The highest BCUT2D eigenvalue weighted by atomic mass is 16.7. The van der Waals surface area contributed by atoms with Gasteiger partial charge in [0.25, 0.3) is 0 Å². The van der Waals surface area contributed by atoms with E-state index < -0.39 is 11.9 Å². The van der Waals surface area contributed by atoms with Crippen molar-refractivity contribution in [1.82, 2.24) is 0 Å². The molecule has 0 aromatic carbocycles. The molecule has 0 spiro atoms. The van der Waals surface area contributed by atoms with Gasteiger partial charge in [-0.2, -0.15) is 0 Å². The lowest BCUT2D eigenvalue weighted by atomic mass is 10.00. The van der Waals surface area contributed by atoms with E-state index in [9.17, 15) is 10.2 Å². The van der Waals surface area contributed by atoms with Crippen LogP contribution in [0.1, 0.15) is 19.8 Å². The lowest BCUT2D eigenvalue weighted by Gasteiger charge is -2.09. The molecule has 2 aliphatic rings. The Morgan fingerprint density at radius 3 is 3.08 bits per heavy atom. The van der Waals surface area contributed by atoms with E-state index in [0.29, 0.717) is 0 Å². The third-order valence-corrected chi connectivity index (χ3v) is 2.25. The Morgan fingerprint density at radius 2 is 2.42 bits per heavy atom. The molecule has 0 amide bonds. The molecular formula is C9H12O3. The number of epoxide rings is 1. The molecule has 2 atom stereocenters. The van der Waals surface area contributed by atoms with Crippen molar-refractivity contribution in [1.29, 1.82) is 0 Å². The van der Waals surface area contributed by atoms with Gasteiger partial charge in [-0.1, -0.05) is 19.4 Å². The van der Waals surface area contributed by atoms with Crippen molar-refractivity contribution < 1.29 is 14.9 Å². The van der Waals surface area contributed by atoms with Crippen LogP contribution in [0.25, 0.3) is 0 Å². The second-order valence-electron chi connectivity index (χ2n) is 3.24. The van der Waals surface area contributed by atoms with Gasteiger partial charge in [-0.05, 0) is 18.1 Å². The molecule has 1 aliphatic heterocycles. The number of fused-ring (bicyclic) bond motifs is 1. The summed E-state index contributed by atoms with van der Waals surface area (Å²) in [4.78, 5) is 0. The molecule has 0 radical (unpaired) electrons. The van der Waals surface area contributed by atoms with Crippen molar-refractivity contribution in [3.05, 3.63) is 23.5 Å². The SMILES string of the molecule is CCCC1=C(O)C2OC2(O)C=C1. The van der Waals surface area contributed by atoms with Gasteiger partial charge in [0, 0.05) is 0 Å². The second kappa shape index (κ2) is 2.34. The quantitative estimate of drug-likeness (QED) is 0.610. The smallest absolute Gasteiger partial charge is 0.221 e. The molecule has 1 heterocycles. The molecule has 3 heteroatoms. The van der Waals surface area contributed by atoms with E-state index in [-0.39, 0.29) is 5.76 Å². The van der Waals surface area contributed by atoms with Crippen LogP contribution in [0.3, 0.4) is 0 Å². The van der Waals surface area contributed by atoms with Crippen LogP contribution in [0.4, 0.5) is 0 Å². The van der Waals surface area contributed by atoms with Crippen LogP contribution in [0.5, 0.6) is 0 Å². The summed E-state index contributed by atoms with van der Waals surface area (Å²) in [7, 11) is 0. The summed E-state index contributed by atoms with van der Waals surface area (Å²) >= 11 is 0. The molecule has 2 unspecified atom stereocenters. The lowest BCUT2D eigenvalue weighted by molar-refractivity contribution is 0.0824. The van der Waals surface area contributed by atoms with E-state index in [1.807, 2.05) is 6.92 Å². The maximum absolute atomic E-state index is 9.52. The first-order valence-corrected chi connectivity index (χ1v) is 4.19. The Bertz CT molecular complexity index is 267. The molecule has 2 rings (SSSR count). The van der Waals surface area contributed by atoms with Crippen molar-refractivity contribution in [3.63, 3.8) is 0 Å². The predicted octanol–water partition coefficient (Wildman–Crippen LogP) is 1.26. The predicted molar refractivity (Wildman–Crippen MR) is 43.5 cm³/mol. The molecule has 0 aromatic heterocycles. The highest BCUT2D eigenvalue weighted by Gasteiger charge is 2.58. The van der Waals surface area contributed by atoms with Crippen molar-refractivity contribution in [2.24, 2.45) is 0 Å². The first-order chi connectivity index (χ1) is 5.67. The summed E-state index contributed by atoms with van der Waals surface area (Å²) < 4.78 is 4.92. The van der Waals surface area contributed by atoms with E-state index in [0.717, 1.165) is 18.4 Å². The number of hydrogen-bond donors (Lipinski definition) is 2. The van der Waals surface area contributed by atoms with Crippen LogP contribution in [-0.2, 0) is 4.74 Å². The number of allylic oxidation sites excluding steroid dienone is 2. The van der Waals surface area contributed by atoms with Gasteiger partial charge in [-0.15, -0.1) is 0 Å². The summed E-state index contributed by atoms with van der Waals surface area (Å²) in [6, 6.07) is 0. The highest BCUT2D eigenvalue weighted by Crippen LogP contribution is 2.44. The number of aliphatic hydroxyl groups excluding tert-OH is 1. The third-order valence-electron chi connectivity index (χ3n) is 2.25. The van der Waals surface area contributed by atoms with E-state index >= 15 is 0 Å². The fourth-order valence-corrected chi connectivity index (χ4v) is 1.49. The van der Waals surface area contributed by atoms with Gasteiger partial charge in [0.05, 0.1) is 0 Å². The van der Waals surface area contributed by atoms with Crippen molar-refractivity contribution in [2.75, 3.05) is 0 Å². The van der Waals surface area contributed by atoms with Crippen LogP contribution in [0.2, 0.25) is 0 Å². The Morgan fingerprint density at radius 1 is 1.67 bits per heavy atom. The summed E-state index contributed by atoms with van der Waals surface area (Å²) in [6.45, 7) is 2.04. The van der Waals surface area contributed by atoms with Crippen molar-refractivity contribution >= 4 is 0 Å². The highest BCUT2D eigenvalue weighted by molar-refractivity contribution is 5.37. The number of ether oxygens (including phenoxy) is 1. The Kier molecular flexibility index (Phi) is 1.53. The molecule has 2 N–H and O–H groups in total. The fourth-order valence-electron chi connectivity index (χ4n) is 1.49. The number of aliphatic hydroxyl groups is 2. The van der Waals surface area contributed by atoms with E-state index in [2.05, 4.69) is 0 Å². The Hall–Kier alpha value is -0.800. The molecule has 0 saturated carbocycles. The molecule has 12 heavy (non-hydrogen) atoms. The van der Waals surface area contributed by atoms with Crippen LogP contribution in [-0.4, -0.2) is 22.1 Å². The average Bonchev–Trinajstić information content (AvgIpc) is 2.71. The van der Waals surface area contributed by atoms with Gasteiger partial charge in [-0.25, -0.2) is 0 Å². The van der Waals surface area contributed by atoms with Crippen molar-refractivity contribution in [2.45, 2.75) is 31.7 Å². The Labute approximate surface area is 71.0 Å². The summed E-state index contributed by atoms with van der Waals surface area (Å²) in [5, 5.41) is 18.9. The normalized spacial score (nSPS) is 38.3. The van der Waals surface area contributed by atoms with Gasteiger partial charge in [0.15, 0.2) is 6.10 Å². The number of hydrogen-bond acceptors (Lipinski definition) is 3. The molecule has 66 valence electrons. The number of rotatable bonds is 2. The van der Waals surface area contributed by atoms with Crippen LogP contribution in [0.15, 0.2) is 23.5 Å². The minimum atomic E-state index is -1.19. The van der Waals surface area contributed by atoms with Gasteiger partial charge in [-0.3, -0.25) is 0 Å². The van der Waals surface area contributed by atoms with Gasteiger partial charge < -0.3 is 14.9 Å². The van der Waals surface area contributed by atoms with E-state index in [1.54, 1.807) is 12.2 Å². The zero-order chi connectivity index (χ0) is 8.77. The summed E-state index contributed by atoms with van der Waals surface area (Å²) in [6.07, 6.45) is 4.65. The third kappa shape index (κ3) is 0.974. The van der Waals surface area contributed by atoms with E-state index in [1.165, 1.54) is 0 Å². The molecular weight excluding hydrogens is 156 g/mol. The molecule has 0 aromatic rings. The zero-order valence-corrected chi connectivity index (χ0v) is 6.95. The molecule has 0 bridgehead atoms. The summed E-state index contributed by atoms with van der Waals surface area (Å²) in [5.74, 6) is -0.997. The lowest BCUT2D eigenvalue weighted by Crippen LogP contribution is -2.16.